The Hall–Kier alpha value is -1.65. The quantitative estimate of drug-likeness (QED) is 0.942. The number of aromatic nitrogens is 1. The summed E-state index contributed by atoms with van der Waals surface area (Å²) in [6.45, 7) is 4.00. The Morgan fingerprint density at radius 1 is 1.38 bits per heavy atom. The second-order valence-corrected chi connectivity index (χ2v) is 5.99. The molecule has 1 unspecified atom stereocenters. The Labute approximate surface area is 125 Å². The Kier molecular flexibility index (Phi) is 3.83. The molecular formula is C17H22N2O2. The molecule has 4 nitrogen and oxygen atoms in total. The number of pyridine rings is 1. The number of methoxy groups -OCH3 is 1. The van der Waals surface area contributed by atoms with Gasteiger partial charge in [-0.2, -0.15) is 0 Å². The highest BCUT2D eigenvalue weighted by Crippen LogP contribution is 2.32. The highest BCUT2D eigenvalue weighted by molar-refractivity contribution is 5.92. The van der Waals surface area contributed by atoms with Crippen LogP contribution < -0.4 is 4.90 Å². The van der Waals surface area contributed by atoms with Gasteiger partial charge >= 0.3 is 0 Å². The molecule has 1 fully saturated rings. The number of aliphatic hydroxyl groups is 1. The average Bonchev–Trinajstić information content (AvgIpc) is 2.53. The number of rotatable bonds is 3. The van der Waals surface area contributed by atoms with Crippen molar-refractivity contribution in [1.29, 1.82) is 0 Å². The van der Waals surface area contributed by atoms with Crippen molar-refractivity contribution < 1.29 is 9.84 Å². The number of anilines is 1. The number of hydrogen-bond donors (Lipinski definition) is 1. The summed E-state index contributed by atoms with van der Waals surface area (Å²) in [5, 5.41) is 10.6. The van der Waals surface area contributed by atoms with E-state index in [0.717, 1.165) is 42.5 Å². The molecule has 0 radical (unpaired) electrons. The molecule has 1 aromatic heterocycles. The molecule has 4 heteroatoms. The lowest BCUT2D eigenvalue weighted by molar-refractivity contribution is -0.00460. The topological polar surface area (TPSA) is 45.6 Å². The molecule has 0 spiro atoms. The van der Waals surface area contributed by atoms with Gasteiger partial charge in [0.2, 0.25) is 0 Å². The third kappa shape index (κ3) is 2.74. The summed E-state index contributed by atoms with van der Waals surface area (Å²) in [6, 6.07) is 10.1. The summed E-state index contributed by atoms with van der Waals surface area (Å²) in [7, 11) is 1.79. The first kappa shape index (κ1) is 14.3. The monoisotopic (exact) mass is 286 g/mol. The fourth-order valence-corrected chi connectivity index (χ4v) is 3.13. The number of nitrogens with zero attached hydrogens (tertiary/aromatic N) is 2. The van der Waals surface area contributed by atoms with Crippen LogP contribution in [0.1, 0.15) is 25.5 Å². The molecule has 0 amide bonds. The van der Waals surface area contributed by atoms with Gasteiger partial charge in [0.25, 0.3) is 0 Å². The van der Waals surface area contributed by atoms with Crippen LogP contribution in [0.5, 0.6) is 0 Å². The van der Waals surface area contributed by atoms with Gasteiger partial charge in [-0.25, -0.2) is 0 Å². The summed E-state index contributed by atoms with van der Waals surface area (Å²) in [5.41, 5.74) is 2.69. The maximum absolute atomic E-state index is 9.46. The van der Waals surface area contributed by atoms with Crippen molar-refractivity contribution in [2.75, 3.05) is 25.1 Å². The zero-order valence-electron chi connectivity index (χ0n) is 12.7. The molecular weight excluding hydrogens is 264 g/mol. The summed E-state index contributed by atoms with van der Waals surface area (Å²) >= 11 is 0. The molecule has 1 saturated heterocycles. The van der Waals surface area contributed by atoms with Crippen LogP contribution in [0.4, 0.5) is 5.69 Å². The van der Waals surface area contributed by atoms with Crippen LogP contribution in [-0.4, -0.2) is 35.9 Å². The van der Waals surface area contributed by atoms with Gasteiger partial charge in [-0.05, 0) is 31.9 Å². The SMILES string of the molecule is COC1(C)CCCN(c2cc(CO)nc3ccccc23)C1. The van der Waals surface area contributed by atoms with E-state index in [4.69, 9.17) is 4.74 Å². The first-order valence-corrected chi connectivity index (χ1v) is 7.45. The van der Waals surface area contributed by atoms with Crippen molar-refractivity contribution >= 4 is 16.6 Å². The molecule has 1 N–H and O–H groups in total. The van der Waals surface area contributed by atoms with Crippen LogP contribution in [0.2, 0.25) is 0 Å². The maximum atomic E-state index is 9.46. The lowest BCUT2D eigenvalue weighted by Crippen LogP contribution is -2.47. The van der Waals surface area contributed by atoms with Crippen molar-refractivity contribution in [2.45, 2.75) is 32.0 Å². The minimum Gasteiger partial charge on any atom is -0.390 e. The molecule has 0 aliphatic carbocycles. The molecule has 0 saturated carbocycles. The second-order valence-electron chi connectivity index (χ2n) is 5.99. The largest absolute Gasteiger partial charge is 0.390 e. The van der Waals surface area contributed by atoms with E-state index in [1.54, 1.807) is 7.11 Å². The van der Waals surface area contributed by atoms with E-state index in [1.807, 2.05) is 24.3 Å². The van der Waals surface area contributed by atoms with Crippen LogP contribution in [-0.2, 0) is 11.3 Å². The van der Waals surface area contributed by atoms with Crippen molar-refractivity contribution in [3.63, 3.8) is 0 Å². The third-order valence-corrected chi connectivity index (χ3v) is 4.40. The van der Waals surface area contributed by atoms with Gasteiger partial charge in [-0.1, -0.05) is 18.2 Å². The van der Waals surface area contributed by atoms with E-state index in [-0.39, 0.29) is 12.2 Å². The lowest BCUT2D eigenvalue weighted by Gasteiger charge is -2.41. The molecule has 1 aliphatic heterocycles. The van der Waals surface area contributed by atoms with E-state index in [1.165, 1.54) is 0 Å². The predicted molar refractivity (Wildman–Crippen MR) is 84.5 cm³/mol. The zero-order chi connectivity index (χ0) is 14.9. The number of fused-ring (bicyclic) bond motifs is 1. The lowest BCUT2D eigenvalue weighted by atomic mass is 9.94. The highest BCUT2D eigenvalue weighted by atomic mass is 16.5. The first-order valence-electron chi connectivity index (χ1n) is 7.45. The minimum absolute atomic E-state index is 0.0345. The van der Waals surface area contributed by atoms with Crippen LogP contribution in [0, 0.1) is 0 Å². The van der Waals surface area contributed by atoms with Gasteiger partial charge in [0, 0.05) is 31.3 Å². The van der Waals surface area contributed by atoms with Crippen molar-refractivity contribution in [1.82, 2.24) is 4.98 Å². The number of piperidine rings is 1. The number of para-hydroxylation sites is 1. The Morgan fingerprint density at radius 2 is 2.19 bits per heavy atom. The second kappa shape index (κ2) is 5.62. The van der Waals surface area contributed by atoms with Gasteiger partial charge in [0.15, 0.2) is 0 Å². The highest BCUT2D eigenvalue weighted by Gasteiger charge is 2.31. The summed E-state index contributed by atoms with van der Waals surface area (Å²) in [4.78, 5) is 6.86. The molecule has 0 bridgehead atoms. The molecule has 2 aromatic rings. The van der Waals surface area contributed by atoms with Gasteiger partial charge in [-0.15, -0.1) is 0 Å². The number of ether oxygens (including phenoxy) is 1. The summed E-state index contributed by atoms with van der Waals surface area (Å²) in [6.07, 6.45) is 2.19. The fraction of sp³-hybridized carbons (Fsp3) is 0.471. The molecule has 1 atom stereocenters. The number of hydrogen-bond acceptors (Lipinski definition) is 4. The van der Waals surface area contributed by atoms with E-state index < -0.39 is 0 Å². The molecule has 112 valence electrons. The van der Waals surface area contributed by atoms with E-state index in [0.29, 0.717) is 5.69 Å². The van der Waals surface area contributed by atoms with Crippen molar-refractivity contribution in [3.05, 3.63) is 36.0 Å². The minimum atomic E-state index is -0.109. The number of aliphatic hydroxyl groups excluding tert-OH is 1. The van der Waals surface area contributed by atoms with E-state index >= 15 is 0 Å². The molecule has 21 heavy (non-hydrogen) atoms. The van der Waals surface area contributed by atoms with Gasteiger partial charge in [0.05, 0.1) is 23.4 Å². The Balaban J connectivity index is 2.06. The van der Waals surface area contributed by atoms with Crippen LogP contribution >= 0.6 is 0 Å². The van der Waals surface area contributed by atoms with Crippen molar-refractivity contribution in [2.24, 2.45) is 0 Å². The predicted octanol–water partition coefficient (Wildman–Crippen LogP) is 2.73. The smallest absolute Gasteiger partial charge is 0.0854 e. The molecule has 1 aliphatic rings. The summed E-state index contributed by atoms with van der Waals surface area (Å²) in [5.74, 6) is 0. The van der Waals surface area contributed by atoms with Gasteiger partial charge in [0.1, 0.15) is 0 Å². The maximum Gasteiger partial charge on any atom is 0.0854 e. The van der Waals surface area contributed by atoms with E-state index in [9.17, 15) is 5.11 Å². The Bertz CT molecular complexity index is 644. The Morgan fingerprint density at radius 3 is 2.95 bits per heavy atom. The molecule has 2 heterocycles. The van der Waals surface area contributed by atoms with E-state index in [2.05, 4.69) is 22.9 Å². The van der Waals surface area contributed by atoms with Gasteiger partial charge < -0.3 is 14.7 Å². The van der Waals surface area contributed by atoms with Crippen LogP contribution in [0.3, 0.4) is 0 Å². The normalized spacial score (nSPS) is 22.7. The average molecular weight is 286 g/mol. The first-order chi connectivity index (χ1) is 10.1. The zero-order valence-corrected chi connectivity index (χ0v) is 12.7. The summed E-state index contributed by atoms with van der Waals surface area (Å²) < 4.78 is 5.69. The van der Waals surface area contributed by atoms with Gasteiger partial charge in [-0.3, -0.25) is 4.98 Å². The van der Waals surface area contributed by atoms with Crippen molar-refractivity contribution in [3.8, 4) is 0 Å². The molecule has 1 aromatic carbocycles. The standard InChI is InChI=1S/C17H22N2O2/c1-17(21-2)8-5-9-19(12-17)16-10-13(11-20)18-15-7-4-3-6-14(15)16/h3-4,6-7,10,20H,5,8-9,11-12H2,1-2H3. The van der Waals surface area contributed by atoms with Crippen LogP contribution in [0.15, 0.2) is 30.3 Å². The number of benzene rings is 1. The fourth-order valence-electron chi connectivity index (χ4n) is 3.13. The molecule has 3 rings (SSSR count). The van der Waals surface area contributed by atoms with Crippen LogP contribution in [0.25, 0.3) is 10.9 Å². The third-order valence-electron chi connectivity index (χ3n) is 4.40.